The maximum absolute atomic E-state index is 13.4. The standard InChI is InChI=1S/C26H32N2O5/c1-17(2)16-33-21-12-8-19(9-13-21)24(30)22-23(18-6-10-20(29)11-7-18)28(26(32)25(22)31)15-5-14-27(3)4/h6-13,17,23,29-30H,5,14-16H2,1-4H3/b24-22+. The van der Waals surface area contributed by atoms with E-state index in [1.165, 1.54) is 21.9 Å². The molecule has 7 nitrogen and oxygen atoms in total. The molecule has 0 aromatic heterocycles. The van der Waals surface area contributed by atoms with Crippen molar-refractivity contribution in [1.29, 1.82) is 0 Å². The predicted molar refractivity (Wildman–Crippen MR) is 124 cm³/mol. The van der Waals surface area contributed by atoms with Gasteiger partial charge in [-0.05, 0) is 41.3 Å². The Labute approximate surface area is 194 Å². The van der Waals surface area contributed by atoms with Crippen LogP contribution >= 0.6 is 0 Å². The summed E-state index contributed by atoms with van der Waals surface area (Å²) in [5.74, 6) is -0.820. The molecule has 1 fully saturated rings. The molecular formula is C26H32N2O5. The third-order valence-corrected chi connectivity index (χ3v) is 5.51. The molecule has 0 spiro atoms. The van der Waals surface area contributed by atoms with Crippen LogP contribution in [-0.2, 0) is 9.59 Å². The van der Waals surface area contributed by atoms with Crippen molar-refractivity contribution < 1.29 is 29.4 Å². The molecule has 2 aromatic rings. The van der Waals surface area contributed by atoms with Crippen molar-refractivity contribution in [2.24, 2.45) is 5.92 Å². The minimum atomic E-state index is -0.785. The fourth-order valence-corrected chi connectivity index (χ4v) is 3.83. The number of phenolic OH excluding ortho intramolecular Hbond substituents is 1. The third-order valence-electron chi connectivity index (χ3n) is 5.51. The predicted octanol–water partition coefficient (Wildman–Crippen LogP) is 1.19. The molecule has 1 aliphatic heterocycles. The van der Waals surface area contributed by atoms with Gasteiger partial charge in [-0.15, -0.1) is 0 Å². The van der Waals surface area contributed by atoms with E-state index < -0.39 is 23.5 Å². The van der Waals surface area contributed by atoms with E-state index in [1.807, 2.05) is 27.9 Å². The minimum Gasteiger partial charge on any atom is -0.872 e. The lowest BCUT2D eigenvalue weighted by Crippen LogP contribution is -3.05. The molecule has 1 amide bonds. The maximum Gasteiger partial charge on any atom is 0.295 e. The Hall–Kier alpha value is -3.32. The number of carbonyl (C=O) groups is 2. The van der Waals surface area contributed by atoms with Crippen LogP contribution in [0.25, 0.3) is 5.76 Å². The largest absolute Gasteiger partial charge is 0.872 e. The van der Waals surface area contributed by atoms with Crippen LogP contribution in [0.2, 0.25) is 0 Å². The number of phenols is 1. The Morgan fingerprint density at radius 1 is 1.09 bits per heavy atom. The molecule has 0 aliphatic carbocycles. The Morgan fingerprint density at radius 3 is 2.30 bits per heavy atom. The second kappa shape index (κ2) is 10.5. The highest BCUT2D eigenvalue weighted by atomic mass is 16.5. The zero-order valence-corrected chi connectivity index (χ0v) is 19.6. The lowest BCUT2D eigenvalue weighted by atomic mass is 9.95. The van der Waals surface area contributed by atoms with Crippen molar-refractivity contribution in [3.63, 3.8) is 0 Å². The number of benzene rings is 2. The number of Topliss-reactive ketones (excluding diaryl/α,β-unsaturated/α-hetero) is 1. The number of ketones is 1. The topological polar surface area (TPSA) is 94.3 Å². The molecule has 1 aliphatic rings. The minimum absolute atomic E-state index is 0.0567. The van der Waals surface area contributed by atoms with E-state index in [0.717, 1.165) is 6.54 Å². The van der Waals surface area contributed by atoms with Gasteiger partial charge in [0.2, 0.25) is 5.78 Å². The summed E-state index contributed by atoms with van der Waals surface area (Å²) in [5, 5.41) is 23.1. The maximum atomic E-state index is 13.4. The van der Waals surface area contributed by atoms with Crippen LogP contribution in [0.1, 0.15) is 37.4 Å². The summed E-state index contributed by atoms with van der Waals surface area (Å²) in [6.45, 7) is 5.84. The molecule has 33 heavy (non-hydrogen) atoms. The van der Waals surface area contributed by atoms with Crippen molar-refractivity contribution in [2.45, 2.75) is 26.3 Å². The van der Waals surface area contributed by atoms with Crippen molar-refractivity contribution in [3.8, 4) is 11.5 Å². The summed E-state index contributed by atoms with van der Waals surface area (Å²) in [5.41, 5.74) is 0.884. The molecule has 2 N–H and O–H groups in total. The highest BCUT2D eigenvalue weighted by Gasteiger charge is 2.43. The fourth-order valence-electron chi connectivity index (χ4n) is 3.83. The van der Waals surface area contributed by atoms with Crippen molar-refractivity contribution in [3.05, 3.63) is 65.2 Å². The van der Waals surface area contributed by atoms with Crippen LogP contribution in [0, 0.1) is 5.92 Å². The number of carbonyl (C=O) groups excluding carboxylic acids is 2. The van der Waals surface area contributed by atoms with E-state index in [-0.39, 0.29) is 11.3 Å². The van der Waals surface area contributed by atoms with Crippen LogP contribution in [0.3, 0.4) is 0 Å². The summed E-state index contributed by atoms with van der Waals surface area (Å²) >= 11 is 0. The Kier molecular flexibility index (Phi) is 7.76. The molecule has 1 atom stereocenters. The first-order chi connectivity index (χ1) is 15.7. The van der Waals surface area contributed by atoms with Gasteiger partial charge in [-0.1, -0.05) is 43.9 Å². The van der Waals surface area contributed by atoms with Crippen LogP contribution in [-0.4, -0.2) is 55.5 Å². The van der Waals surface area contributed by atoms with Crippen LogP contribution in [0.15, 0.2) is 54.1 Å². The number of aromatic hydroxyl groups is 1. The van der Waals surface area contributed by atoms with E-state index in [0.29, 0.717) is 42.4 Å². The van der Waals surface area contributed by atoms with E-state index in [1.54, 1.807) is 36.4 Å². The zero-order valence-electron chi connectivity index (χ0n) is 19.6. The molecule has 1 unspecified atom stereocenters. The number of hydrogen-bond donors (Lipinski definition) is 2. The molecule has 0 bridgehead atoms. The highest BCUT2D eigenvalue weighted by molar-refractivity contribution is 6.46. The van der Waals surface area contributed by atoms with Gasteiger partial charge >= 0.3 is 0 Å². The summed E-state index contributed by atoms with van der Waals surface area (Å²) < 4.78 is 5.68. The molecule has 2 aromatic carbocycles. The first-order valence-corrected chi connectivity index (χ1v) is 11.3. The molecule has 176 valence electrons. The van der Waals surface area contributed by atoms with Crippen LogP contribution in [0.5, 0.6) is 11.5 Å². The quantitative estimate of drug-likeness (QED) is 0.339. The van der Waals surface area contributed by atoms with Crippen molar-refractivity contribution in [1.82, 2.24) is 4.90 Å². The molecule has 1 saturated heterocycles. The normalized spacial score (nSPS) is 17.9. The van der Waals surface area contributed by atoms with Crippen molar-refractivity contribution in [2.75, 3.05) is 33.8 Å². The van der Waals surface area contributed by atoms with E-state index in [9.17, 15) is 19.8 Å². The number of nitrogens with one attached hydrogen (secondary N) is 1. The van der Waals surface area contributed by atoms with Gasteiger partial charge in [0, 0.05) is 18.5 Å². The summed E-state index contributed by atoms with van der Waals surface area (Å²) in [4.78, 5) is 28.6. The molecule has 0 radical (unpaired) electrons. The van der Waals surface area contributed by atoms with Gasteiger partial charge in [-0.25, -0.2) is 0 Å². The summed E-state index contributed by atoms with van der Waals surface area (Å²) in [7, 11) is 4.04. The molecular weight excluding hydrogens is 420 g/mol. The van der Waals surface area contributed by atoms with E-state index in [4.69, 9.17) is 4.74 Å². The number of likely N-dealkylation sites (tertiary alicyclic amines) is 1. The zero-order chi connectivity index (χ0) is 24.1. The second-order valence-corrected chi connectivity index (χ2v) is 9.10. The van der Waals surface area contributed by atoms with Crippen LogP contribution in [0.4, 0.5) is 0 Å². The highest BCUT2D eigenvalue weighted by Crippen LogP contribution is 2.39. The molecule has 0 saturated carbocycles. The fraction of sp³-hybridized carbons (Fsp3) is 0.385. The number of nitrogens with zero attached hydrogens (tertiary/aromatic N) is 1. The number of amides is 1. The average Bonchev–Trinajstić information content (AvgIpc) is 3.03. The molecule has 3 rings (SSSR count). The van der Waals surface area contributed by atoms with Gasteiger partial charge in [0.05, 0.1) is 33.3 Å². The van der Waals surface area contributed by atoms with Gasteiger partial charge in [0.25, 0.3) is 5.91 Å². The van der Waals surface area contributed by atoms with Crippen LogP contribution < -0.4 is 14.7 Å². The number of hydrogen-bond acceptors (Lipinski definition) is 5. The SMILES string of the molecule is CC(C)COc1ccc(/C([O-])=C2\C(=O)C(=O)N(CCC[NH+](C)C)C2c2ccc(O)cc2)cc1. The Bertz CT molecular complexity index is 1010. The first kappa shape index (κ1) is 24.3. The number of ether oxygens (including phenoxy) is 1. The molecule has 1 heterocycles. The van der Waals surface area contributed by atoms with Gasteiger partial charge in [0.15, 0.2) is 0 Å². The molecule has 7 heteroatoms. The lowest BCUT2D eigenvalue weighted by Gasteiger charge is -2.27. The summed E-state index contributed by atoms with van der Waals surface area (Å²) in [6, 6.07) is 12.1. The van der Waals surface area contributed by atoms with Gasteiger partial charge in [-0.2, -0.15) is 0 Å². The first-order valence-electron chi connectivity index (χ1n) is 11.3. The van der Waals surface area contributed by atoms with Gasteiger partial charge < -0.3 is 24.7 Å². The third kappa shape index (κ3) is 5.73. The number of rotatable bonds is 9. The number of quaternary nitrogens is 1. The lowest BCUT2D eigenvalue weighted by molar-refractivity contribution is -0.858. The Balaban J connectivity index is 1.99. The second-order valence-electron chi connectivity index (χ2n) is 9.10. The Morgan fingerprint density at radius 2 is 1.73 bits per heavy atom. The van der Waals surface area contributed by atoms with Gasteiger partial charge in [0.1, 0.15) is 11.5 Å². The van der Waals surface area contributed by atoms with Crippen molar-refractivity contribution >= 4 is 17.4 Å². The van der Waals surface area contributed by atoms with E-state index in [2.05, 4.69) is 0 Å². The van der Waals surface area contributed by atoms with E-state index >= 15 is 0 Å². The van der Waals surface area contributed by atoms with Gasteiger partial charge in [-0.3, -0.25) is 9.59 Å². The summed E-state index contributed by atoms with van der Waals surface area (Å²) in [6.07, 6.45) is 0.694. The monoisotopic (exact) mass is 452 g/mol. The smallest absolute Gasteiger partial charge is 0.295 e. The average molecular weight is 453 g/mol.